The quantitative estimate of drug-likeness (QED) is 0.825. The zero-order chi connectivity index (χ0) is 16.4. The van der Waals surface area contributed by atoms with Crippen LogP contribution in [0.4, 0.5) is 0 Å². The topological polar surface area (TPSA) is 86.7 Å². The summed E-state index contributed by atoms with van der Waals surface area (Å²) in [6.45, 7) is 5.69. The third-order valence-corrected chi connectivity index (χ3v) is 4.87. The molecule has 2 N–H and O–H groups in total. The molecule has 7 heteroatoms. The Kier molecular flexibility index (Phi) is 5.49. The van der Waals surface area contributed by atoms with Crippen molar-refractivity contribution in [2.45, 2.75) is 31.7 Å². The summed E-state index contributed by atoms with van der Waals surface area (Å²) in [6, 6.07) is 2.40. The normalized spacial score (nSPS) is 13.4. The molecule has 0 radical (unpaired) electrons. The molecule has 118 valence electrons. The van der Waals surface area contributed by atoms with Crippen molar-refractivity contribution in [2.75, 3.05) is 20.6 Å². The van der Waals surface area contributed by atoms with Gasteiger partial charge in [0.15, 0.2) is 0 Å². The van der Waals surface area contributed by atoms with Crippen LogP contribution in [0.5, 0.6) is 0 Å². The van der Waals surface area contributed by atoms with Gasteiger partial charge < -0.3 is 10.0 Å². The molecule has 1 aromatic rings. The van der Waals surface area contributed by atoms with Gasteiger partial charge in [0.1, 0.15) is 0 Å². The summed E-state index contributed by atoms with van der Waals surface area (Å²) in [5, 5.41) is 9.07. The SMILES string of the molecule is Cc1cc(C(=O)O)cc(S(=O)(=O)NC(C)CN(C)C)c1C. The molecule has 0 saturated heterocycles. The average molecular weight is 314 g/mol. The van der Waals surface area contributed by atoms with Crippen LogP contribution in [0.2, 0.25) is 0 Å². The number of nitrogens with one attached hydrogen (secondary N) is 1. The van der Waals surface area contributed by atoms with Crippen LogP contribution in [-0.2, 0) is 10.0 Å². The predicted octanol–water partition coefficient (Wildman–Crippen LogP) is 1.23. The van der Waals surface area contributed by atoms with E-state index in [1.807, 2.05) is 19.0 Å². The maximum atomic E-state index is 12.4. The lowest BCUT2D eigenvalue weighted by molar-refractivity contribution is 0.0696. The minimum atomic E-state index is -3.75. The van der Waals surface area contributed by atoms with Crippen LogP contribution >= 0.6 is 0 Å². The standard InChI is InChI=1S/C14H22N2O4S/c1-9-6-12(14(17)18)7-13(11(9)3)21(19,20)15-10(2)8-16(4)5/h6-7,10,15H,8H2,1-5H3,(H,17,18). The second kappa shape index (κ2) is 6.55. The van der Waals surface area contributed by atoms with E-state index in [0.29, 0.717) is 17.7 Å². The molecule has 0 aliphatic carbocycles. The molecule has 0 fully saturated rings. The van der Waals surface area contributed by atoms with Crippen molar-refractivity contribution in [3.63, 3.8) is 0 Å². The molecular formula is C14H22N2O4S. The zero-order valence-corrected chi connectivity index (χ0v) is 13.8. The van der Waals surface area contributed by atoms with E-state index in [0.717, 1.165) is 0 Å². The van der Waals surface area contributed by atoms with Crippen molar-refractivity contribution in [2.24, 2.45) is 0 Å². The molecule has 1 rings (SSSR count). The van der Waals surface area contributed by atoms with Gasteiger partial charge in [-0.3, -0.25) is 0 Å². The molecule has 21 heavy (non-hydrogen) atoms. The van der Waals surface area contributed by atoms with Gasteiger partial charge in [0, 0.05) is 12.6 Å². The van der Waals surface area contributed by atoms with Crippen LogP contribution in [0.15, 0.2) is 17.0 Å². The molecule has 1 aromatic carbocycles. The minimum absolute atomic E-state index is 0.0190. The Hall–Kier alpha value is -1.44. The van der Waals surface area contributed by atoms with Gasteiger partial charge in [-0.1, -0.05) is 0 Å². The first kappa shape index (κ1) is 17.6. The highest BCUT2D eigenvalue weighted by molar-refractivity contribution is 7.89. The predicted molar refractivity (Wildman–Crippen MR) is 81.2 cm³/mol. The Balaban J connectivity index is 3.22. The molecule has 0 aromatic heterocycles. The molecule has 0 aliphatic heterocycles. The van der Waals surface area contributed by atoms with E-state index in [1.54, 1.807) is 20.8 Å². The minimum Gasteiger partial charge on any atom is -0.478 e. The second-order valence-corrected chi connectivity index (χ2v) is 7.19. The van der Waals surface area contributed by atoms with Crippen LogP contribution in [0.25, 0.3) is 0 Å². The first-order valence-corrected chi connectivity index (χ1v) is 8.04. The number of carboxylic acids is 1. The van der Waals surface area contributed by atoms with Gasteiger partial charge in [-0.2, -0.15) is 0 Å². The van der Waals surface area contributed by atoms with Crippen molar-refractivity contribution in [1.82, 2.24) is 9.62 Å². The number of nitrogens with zero attached hydrogens (tertiary/aromatic N) is 1. The molecule has 0 bridgehead atoms. The molecule has 0 aliphatic rings. The molecule has 0 heterocycles. The number of rotatable bonds is 6. The number of benzene rings is 1. The fraction of sp³-hybridized carbons (Fsp3) is 0.500. The lowest BCUT2D eigenvalue weighted by Crippen LogP contribution is -2.39. The highest BCUT2D eigenvalue weighted by Crippen LogP contribution is 2.21. The van der Waals surface area contributed by atoms with Gasteiger partial charge in [0.25, 0.3) is 0 Å². The zero-order valence-electron chi connectivity index (χ0n) is 13.0. The van der Waals surface area contributed by atoms with Crippen molar-refractivity contribution < 1.29 is 18.3 Å². The Labute approximate surface area is 125 Å². The maximum Gasteiger partial charge on any atom is 0.335 e. The average Bonchev–Trinajstić information content (AvgIpc) is 2.29. The number of carboxylic acid groups (broad SMARTS) is 1. The van der Waals surface area contributed by atoms with Crippen molar-refractivity contribution in [1.29, 1.82) is 0 Å². The molecular weight excluding hydrogens is 292 g/mol. The molecule has 1 atom stereocenters. The summed E-state index contributed by atoms with van der Waals surface area (Å²) >= 11 is 0. The smallest absolute Gasteiger partial charge is 0.335 e. The van der Waals surface area contributed by atoms with Crippen LogP contribution in [0.3, 0.4) is 0 Å². The summed E-state index contributed by atoms with van der Waals surface area (Å²) in [5.74, 6) is -1.14. The third kappa shape index (κ3) is 4.52. The number of aromatic carboxylic acids is 1. The van der Waals surface area contributed by atoms with E-state index in [9.17, 15) is 13.2 Å². The summed E-state index contributed by atoms with van der Waals surface area (Å²) in [7, 11) is -0.0495. The van der Waals surface area contributed by atoms with Gasteiger partial charge in [-0.05, 0) is 58.1 Å². The summed E-state index contributed by atoms with van der Waals surface area (Å²) in [6.07, 6.45) is 0. The number of hydrogen-bond donors (Lipinski definition) is 2. The van der Waals surface area contributed by atoms with Gasteiger partial charge in [-0.15, -0.1) is 0 Å². The van der Waals surface area contributed by atoms with E-state index in [4.69, 9.17) is 5.11 Å². The highest BCUT2D eigenvalue weighted by Gasteiger charge is 2.22. The van der Waals surface area contributed by atoms with Crippen LogP contribution < -0.4 is 4.72 Å². The van der Waals surface area contributed by atoms with Crippen LogP contribution in [-0.4, -0.2) is 51.1 Å². The van der Waals surface area contributed by atoms with E-state index < -0.39 is 16.0 Å². The first-order chi connectivity index (χ1) is 9.54. The van der Waals surface area contributed by atoms with E-state index in [1.165, 1.54) is 12.1 Å². The Morgan fingerprint density at radius 3 is 2.38 bits per heavy atom. The van der Waals surface area contributed by atoms with E-state index >= 15 is 0 Å². The third-order valence-electron chi connectivity index (χ3n) is 3.15. The molecule has 6 nitrogen and oxygen atoms in total. The fourth-order valence-corrected chi connectivity index (χ4v) is 3.72. The van der Waals surface area contributed by atoms with Crippen molar-refractivity contribution >= 4 is 16.0 Å². The van der Waals surface area contributed by atoms with Crippen molar-refractivity contribution in [3.8, 4) is 0 Å². The number of sulfonamides is 1. The highest BCUT2D eigenvalue weighted by atomic mass is 32.2. The lowest BCUT2D eigenvalue weighted by Gasteiger charge is -2.19. The Bertz CT molecular complexity index is 639. The first-order valence-electron chi connectivity index (χ1n) is 6.56. The van der Waals surface area contributed by atoms with Crippen LogP contribution in [0, 0.1) is 13.8 Å². The van der Waals surface area contributed by atoms with Gasteiger partial charge in [0.05, 0.1) is 10.5 Å². The molecule has 0 saturated carbocycles. The number of carbonyl (C=O) groups is 1. The maximum absolute atomic E-state index is 12.4. The van der Waals surface area contributed by atoms with E-state index in [2.05, 4.69) is 4.72 Å². The molecule has 0 amide bonds. The number of hydrogen-bond acceptors (Lipinski definition) is 4. The van der Waals surface area contributed by atoms with Gasteiger partial charge >= 0.3 is 5.97 Å². The van der Waals surface area contributed by atoms with Gasteiger partial charge in [0.2, 0.25) is 10.0 Å². The number of likely N-dealkylation sites (N-methyl/N-ethyl adjacent to an activating group) is 1. The van der Waals surface area contributed by atoms with E-state index in [-0.39, 0.29) is 16.5 Å². The lowest BCUT2D eigenvalue weighted by atomic mass is 10.1. The monoisotopic (exact) mass is 314 g/mol. The second-order valence-electron chi connectivity index (χ2n) is 5.51. The Morgan fingerprint density at radius 2 is 1.90 bits per heavy atom. The Morgan fingerprint density at radius 1 is 1.33 bits per heavy atom. The largest absolute Gasteiger partial charge is 0.478 e. The summed E-state index contributed by atoms with van der Waals surface area (Å²) in [5.41, 5.74) is 1.17. The molecule has 1 unspecified atom stereocenters. The van der Waals surface area contributed by atoms with Gasteiger partial charge in [-0.25, -0.2) is 17.9 Å². The van der Waals surface area contributed by atoms with Crippen molar-refractivity contribution in [3.05, 3.63) is 28.8 Å². The number of aryl methyl sites for hydroxylation is 1. The fourth-order valence-electron chi connectivity index (χ4n) is 2.14. The van der Waals surface area contributed by atoms with Crippen LogP contribution in [0.1, 0.15) is 28.4 Å². The summed E-state index contributed by atoms with van der Waals surface area (Å²) < 4.78 is 27.5. The molecule has 0 spiro atoms. The summed E-state index contributed by atoms with van der Waals surface area (Å²) in [4.78, 5) is 13.0.